The van der Waals surface area contributed by atoms with Crippen molar-refractivity contribution in [2.75, 3.05) is 20.2 Å². The molecule has 1 heterocycles. The van der Waals surface area contributed by atoms with Crippen molar-refractivity contribution in [3.8, 4) is 0 Å². The van der Waals surface area contributed by atoms with E-state index in [2.05, 4.69) is 15.4 Å². The zero-order valence-corrected chi connectivity index (χ0v) is 9.37. The quantitative estimate of drug-likeness (QED) is 0.620. The lowest BCUT2D eigenvalue weighted by Gasteiger charge is -2.32. The fraction of sp³-hybridized carbons (Fsp3) is 0.800. The number of nitrogens with one attached hydrogen (secondary N) is 2. The molecule has 0 saturated carbocycles. The molecule has 0 radical (unpaired) electrons. The van der Waals surface area contributed by atoms with E-state index in [1.54, 1.807) is 6.92 Å². The third kappa shape index (κ3) is 2.92. The average molecular weight is 214 g/mol. The van der Waals surface area contributed by atoms with Crippen LogP contribution in [0.15, 0.2) is 0 Å². The number of carbonyl (C=O) groups is 2. The third-order valence-corrected chi connectivity index (χ3v) is 2.85. The molecule has 5 heteroatoms. The second-order valence-electron chi connectivity index (χ2n) is 3.96. The van der Waals surface area contributed by atoms with Gasteiger partial charge in [0.05, 0.1) is 7.11 Å². The first-order chi connectivity index (χ1) is 7.06. The molecule has 0 aromatic heterocycles. The molecule has 1 fully saturated rings. The highest BCUT2D eigenvalue weighted by molar-refractivity contribution is 5.85. The summed E-state index contributed by atoms with van der Waals surface area (Å²) in [6.45, 7) is 5.25. The van der Waals surface area contributed by atoms with E-state index in [4.69, 9.17) is 0 Å². The molecule has 0 spiro atoms. The number of methoxy groups -OCH3 is 1. The van der Waals surface area contributed by atoms with Gasteiger partial charge in [-0.1, -0.05) is 6.92 Å². The normalized spacial score (nSPS) is 19.9. The van der Waals surface area contributed by atoms with Gasteiger partial charge in [-0.2, -0.15) is 0 Å². The second-order valence-corrected chi connectivity index (χ2v) is 3.96. The Hall–Kier alpha value is -1.10. The Morgan fingerprint density at radius 2 is 2.00 bits per heavy atom. The molecule has 0 bridgehead atoms. The molecule has 1 saturated heterocycles. The van der Waals surface area contributed by atoms with Crippen LogP contribution in [0.3, 0.4) is 0 Å². The van der Waals surface area contributed by atoms with E-state index in [0.29, 0.717) is 5.92 Å². The van der Waals surface area contributed by atoms with E-state index in [1.807, 2.05) is 6.92 Å². The minimum atomic E-state index is -0.571. The number of rotatable bonds is 4. The summed E-state index contributed by atoms with van der Waals surface area (Å²) in [6.07, 6.45) is 0. The van der Waals surface area contributed by atoms with Gasteiger partial charge in [0, 0.05) is 5.92 Å². The fourth-order valence-electron chi connectivity index (χ4n) is 1.46. The van der Waals surface area contributed by atoms with Crippen molar-refractivity contribution >= 4 is 11.9 Å². The van der Waals surface area contributed by atoms with Crippen LogP contribution in [0, 0.1) is 11.8 Å². The first-order valence-corrected chi connectivity index (χ1v) is 5.15. The number of carbonyl (C=O) groups excluding carboxylic acids is 2. The number of amides is 1. The van der Waals surface area contributed by atoms with Gasteiger partial charge in [-0.15, -0.1) is 0 Å². The molecule has 0 aliphatic carbocycles. The highest BCUT2D eigenvalue weighted by Crippen LogP contribution is 2.15. The summed E-state index contributed by atoms with van der Waals surface area (Å²) in [6, 6.07) is -0.571. The summed E-state index contributed by atoms with van der Waals surface area (Å²) in [7, 11) is 1.31. The number of hydrogen-bond acceptors (Lipinski definition) is 4. The molecule has 15 heavy (non-hydrogen) atoms. The summed E-state index contributed by atoms with van der Waals surface area (Å²) in [5, 5.41) is 5.75. The van der Waals surface area contributed by atoms with Crippen LogP contribution in [0.2, 0.25) is 0 Å². The topological polar surface area (TPSA) is 67.4 Å². The predicted octanol–water partition coefficient (Wildman–Crippen LogP) is -0.480. The molecule has 1 amide bonds. The van der Waals surface area contributed by atoms with Crippen LogP contribution in [-0.4, -0.2) is 38.1 Å². The van der Waals surface area contributed by atoms with Crippen LogP contribution in [0.1, 0.15) is 13.8 Å². The van der Waals surface area contributed by atoms with Gasteiger partial charge in [0.1, 0.15) is 6.04 Å². The molecule has 86 valence electrons. The Morgan fingerprint density at radius 3 is 2.40 bits per heavy atom. The summed E-state index contributed by atoms with van der Waals surface area (Å²) in [5.74, 6) is -0.171. The average Bonchev–Trinajstić information content (AvgIpc) is 2.13. The van der Waals surface area contributed by atoms with Crippen molar-refractivity contribution in [1.29, 1.82) is 0 Å². The number of hydrogen-bond donors (Lipinski definition) is 2. The largest absolute Gasteiger partial charge is 0.467 e. The van der Waals surface area contributed by atoms with Crippen LogP contribution in [0.5, 0.6) is 0 Å². The van der Waals surface area contributed by atoms with Crippen molar-refractivity contribution in [1.82, 2.24) is 10.6 Å². The highest BCUT2D eigenvalue weighted by atomic mass is 16.5. The van der Waals surface area contributed by atoms with Crippen molar-refractivity contribution < 1.29 is 14.3 Å². The fourth-order valence-corrected chi connectivity index (χ4v) is 1.46. The number of ether oxygens (including phenoxy) is 1. The standard InChI is InChI=1S/C10H18N2O3/c1-6(8-4-11-5-8)9(13)12-7(2)10(14)15-3/h6-8,11H,4-5H2,1-3H3,(H,12,13). The van der Waals surface area contributed by atoms with Crippen molar-refractivity contribution in [2.24, 2.45) is 11.8 Å². The minimum Gasteiger partial charge on any atom is -0.467 e. The third-order valence-electron chi connectivity index (χ3n) is 2.85. The number of esters is 1. The van der Waals surface area contributed by atoms with Crippen LogP contribution < -0.4 is 10.6 Å². The molecule has 1 rings (SSSR count). The van der Waals surface area contributed by atoms with Crippen molar-refractivity contribution in [3.63, 3.8) is 0 Å². The summed E-state index contributed by atoms with van der Waals surface area (Å²) in [4.78, 5) is 22.7. The van der Waals surface area contributed by atoms with Gasteiger partial charge in [0.25, 0.3) is 0 Å². The van der Waals surface area contributed by atoms with Gasteiger partial charge in [0.2, 0.25) is 5.91 Å². The van der Waals surface area contributed by atoms with E-state index in [9.17, 15) is 9.59 Å². The maximum atomic E-state index is 11.7. The Labute approximate surface area is 89.6 Å². The van der Waals surface area contributed by atoms with Gasteiger partial charge in [0.15, 0.2) is 0 Å². The summed E-state index contributed by atoms with van der Waals surface area (Å²) >= 11 is 0. The van der Waals surface area contributed by atoms with E-state index < -0.39 is 12.0 Å². The van der Waals surface area contributed by atoms with Gasteiger partial charge < -0.3 is 15.4 Å². The Morgan fingerprint density at radius 1 is 1.40 bits per heavy atom. The smallest absolute Gasteiger partial charge is 0.328 e. The summed E-state index contributed by atoms with van der Waals surface area (Å²) < 4.78 is 4.53. The lowest BCUT2D eigenvalue weighted by molar-refractivity contribution is -0.145. The maximum Gasteiger partial charge on any atom is 0.328 e. The molecule has 1 aliphatic heterocycles. The van der Waals surface area contributed by atoms with Gasteiger partial charge >= 0.3 is 5.97 Å². The SMILES string of the molecule is COC(=O)C(C)NC(=O)C(C)C1CNC1. The molecular formula is C10H18N2O3. The van der Waals surface area contributed by atoms with Crippen LogP contribution >= 0.6 is 0 Å². The molecule has 2 unspecified atom stereocenters. The maximum absolute atomic E-state index is 11.7. The molecule has 2 N–H and O–H groups in total. The Balaban J connectivity index is 2.36. The zero-order chi connectivity index (χ0) is 11.4. The van der Waals surface area contributed by atoms with Crippen LogP contribution in [0.4, 0.5) is 0 Å². The first-order valence-electron chi connectivity index (χ1n) is 5.15. The Bertz CT molecular complexity index is 251. The predicted molar refractivity (Wildman–Crippen MR) is 55.1 cm³/mol. The van der Waals surface area contributed by atoms with E-state index in [-0.39, 0.29) is 11.8 Å². The minimum absolute atomic E-state index is 0.0571. The second kappa shape index (κ2) is 5.11. The van der Waals surface area contributed by atoms with E-state index in [1.165, 1.54) is 7.11 Å². The van der Waals surface area contributed by atoms with Crippen LogP contribution in [-0.2, 0) is 14.3 Å². The van der Waals surface area contributed by atoms with Gasteiger partial charge in [-0.05, 0) is 25.9 Å². The van der Waals surface area contributed by atoms with E-state index in [0.717, 1.165) is 13.1 Å². The molecule has 1 aliphatic rings. The molecule has 0 aromatic rings. The lowest BCUT2D eigenvalue weighted by atomic mass is 9.88. The van der Waals surface area contributed by atoms with E-state index >= 15 is 0 Å². The monoisotopic (exact) mass is 214 g/mol. The van der Waals surface area contributed by atoms with Crippen LogP contribution in [0.25, 0.3) is 0 Å². The van der Waals surface area contributed by atoms with Crippen molar-refractivity contribution in [2.45, 2.75) is 19.9 Å². The summed E-state index contributed by atoms with van der Waals surface area (Å²) in [5.41, 5.74) is 0. The van der Waals surface area contributed by atoms with Gasteiger partial charge in [-0.25, -0.2) is 4.79 Å². The molecule has 2 atom stereocenters. The molecule has 0 aromatic carbocycles. The molecular weight excluding hydrogens is 196 g/mol. The highest BCUT2D eigenvalue weighted by Gasteiger charge is 2.30. The lowest BCUT2D eigenvalue weighted by Crippen LogP contribution is -2.51. The van der Waals surface area contributed by atoms with Crippen molar-refractivity contribution in [3.05, 3.63) is 0 Å². The zero-order valence-electron chi connectivity index (χ0n) is 9.37. The Kier molecular flexibility index (Phi) is 4.08. The molecule has 5 nitrogen and oxygen atoms in total. The first kappa shape index (κ1) is 12.0. The van der Waals surface area contributed by atoms with Gasteiger partial charge in [-0.3, -0.25) is 4.79 Å².